The van der Waals surface area contributed by atoms with E-state index in [-0.39, 0.29) is 19.1 Å². The van der Waals surface area contributed by atoms with Crippen LogP contribution in [0.15, 0.2) is 48.5 Å². The summed E-state index contributed by atoms with van der Waals surface area (Å²) in [4.78, 5) is 37.2. The van der Waals surface area contributed by atoms with Gasteiger partial charge in [-0.15, -0.1) is 0 Å². The lowest BCUT2D eigenvalue weighted by molar-refractivity contribution is -0.151. The van der Waals surface area contributed by atoms with Crippen molar-refractivity contribution in [3.63, 3.8) is 0 Å². The number of amides is 2. The normalized spacial score (nSPS) is 21.9. The number of fused-ring (bicyclic) bond motifs is 3. The highest BCUT2D eigenvalue weighted by Gasteiger charge is 2.43. The molecule has 8 nitrogen and oxygen atoms in total. The van der Waals surface area contributed by atoms with Gasteiger partial charge in [-0.1, -0.05) is 55.5 Å². The summed E-state index contributed by atoms with van der Waals surface area (Å²) in [5.41, 5.74) is 3.19. The standard InChI is InChI=1S/C27H32N2O6/c1-17-11-13-27(14-12-17,25(31)32)29-24(30)23(34-2)15-28-26(33)35-16-22-20-9-5-3-7-18(20)19-8-4-6-10-21(19)22/h3-10,17,22-23H,11-16H2,1-2H3,(H,28,33)(H,29,30)(H,31,32). The Morgan fingerprint density at radius 1 is 1.03 bits per heavy atom. The maximum absolute atomic E-state index is 12.8. The molecule has 4 rings (SSSR count). The number of ether oxygens (including phenoxy) is 2. The van der Waals surface area contributed by atoms with Crippen LogP contribution in [0.5, 0.6) is 0 Å². The van der Waals surface area contributed by atoms with Gasteiger partial charge in [0.05, 0.1) is 6.54 Å². The van der Waals surface area contributed by atoms with Gasteiger partial charge in [-0.05, 0) is 53.9 Å². The lowest BCUT2D eigenvalue weighted by Crippen LogP contribution is -2.59. The van der Waals surface area contributed by atoms with Crippen molar-refractivity contribution < 1.29 is 29.0 Å². The van der Waals surface area contributed by atoms with E-state index in [0.717, 1.165) is 35.1 Å². The van der Waals surface area contributed by atoms with Crippen molar-refractivity contribution in [3.05, 3.63) is 59.7 Å². The Labute approximate surface area is 205 Å². The van der Waals surface area contributed by atoms with Crippen molar-refractivity contribution >= 4 is 18.0 Å². The first-order chi connectivity index (χ1) is 16.8. The molecule has 0 radical (unpaired) electrons. The lowest BCUT2D eigenvalue weighted by Gasteiger charge is -2.37. The third-order valence-corrected chi connectivity index (χ3v) is 7.25. The summed E-state index contributed by atoms with van der Waals surface area (Å²) in [5, 5.41) is 15.0. The summed E-state index contributed by atoms with van der Waals surface area (Å²) in [5.74, 6) is -1.26. The van der Waals surface area contributed by atoms with Crippen molar-refractivity contribution in [3.8, 4) is 11.1 Å². The molecule has 3 N–H and O–H groups in total. The average Bonchev–Trinajstić information content (AvgIpc) is 3.18. The predicted octanol–water partition coefficient (Wildman–Crippen LogP) is 3.69. The number of nitrogens with one attached hydrogen (secondary N) is 2. The maximum atomic E-state index is 12.8. The predicted molar refractivity (Wildman–Crippen MR) is 130 cm³/mol. The SMILES string of the molecule is COC(CNC(=O)OCC1c2ccccc2-c2ccccc21)C(=O)NC1(C(=O)O)CCC(C)CC1. The van der Waals surface area contributed by atoms with Crippen LogP contribution in [0.4, 0.5) is 4.79 Å². The molecule has 186 valence electrons. The molecule has 2 amide bonds. The third-order valence-electron chi connectivity index (χ3n) is 7.25. The van der Waals surface area contributed by atoms with Crippen LogP contribution < -0.4 is 10.6 Å². The molecule has 2 aromatic rings. The minimum atomic E-state index is -1.30. The Balaban J connectivity index is 1.32. The van der Waals surface area contributed by atoms with Crippen LogP contribution in [0.1, 0.15) is 49.7 Å². The summed E-state index contributed by atoms with van der Waals surface area (Å²) in [6.07, 6.45) is 0.480. The molecule has 8 heteroatoms. The first-order valence-electron chi connectivity index (χ1n) is 12.0. The largest absolute Gasteiger partial charge is 0.480 e. The zero-order valence-corrected chi connectivity index (χ0v) is 20.1. The van der Waals surface area contributed by atoms with Gasteiger partial charge in [0.1, 0.15) is 12.1 Å². The summed E-state index contributed by atoms with van der Waals surface area (Å²) in [7, 11) is 1.35. The molecule has 0 aromatic heterocycles. The summed E-state index contributed by atoms with van der Waals surface area (Å²) in [6, 6.07) is 16.1. The highest BCUT2D eigenvalue weighted by atomic mass is 16.5. The quantitative estimate of drug-likeness (QED) is 0.531. The van der Waals surface area contributed by atoms with Gasteiger partial charge in [-0.25, -0.2) is 9.59 Å². The highest BCUT2D eigenvalue weighted by Crippen LogP contribution is 2.44. The number of carbonyl (C=O) groups is 3. The number of methoxy groups -OCH3 is 1. The highest BCUT2D eigenvalue weighted by molar-refractivity contribution is 5.89. The zero-order chi connectivity index (χ0) is 25.0. The fourth-order valence-electron chi connectivity index (χ4n) is 5.07. The van der Waals surface area contributed by atoms with E-state index >= 15 is 0 Å². The van der Waals surface area contributed by atoms with Crippen molar-refractivity contribution in [2.24, 2.45) is 5.92 Å². The van der Waals surface area contributed by atoms with Crippen molar-refractivity contribution in [2.45, 2.75) is 50.2 Å². The molecule has 0 saturated heterocycles. The molecule has 0 bridgehead atoms. The molecule has 2 aromatic carbocycles. The van der Waals surface area contributed by atoms with Crippen molar-refractivity contribution in [1.29, 1.82) is 0 Å². The Hall–Kier alpha value is -3.39. The molecule has 2 aliphatic rings. The number of benzene rings is 2. The molecular formula is C27H32N2O6. The number of aliphatic carboxylic acids is 1. The lowest BCUT2D eigenvalue weighted by atomic mass is 9.77. The molecule has 2 aliphatic carbocycles. The molecule has 35 heavy (non-hydrogen) atoms. The van der Waals surface area contributed by atoms with E-state index in [9.17, 15) is 19.5 Å². The van der Waals surface area contributed by atoms with Gasteiger partial charge < -0.3 is 25.2 Å². The van der Waals surface area contributed by atoms with Gasteiger partial charge in [0.15, 0.2) is 6.10 Å². The molecule has 1 unspecified atom stereocenters. The number of carbonyl (C=O) groups excluding carboxylic acids is 2. The summed E-state index contributed by atoms with van der Waals surface area (Å²) in [6.45, 7) is 2.10. The number of hydrogen-bond donors (Lipinski definition) is 3. The maximum Gasteiger partial charge on any atom is 0.407 e. The van der Waals surface area contributed by atoms with Crippen LogP contribution in [-0.4, -0.2) is 55.0 Å². The van der Waals surface area contributed by atoms with Gasteiger partial charge in [0, 0.05) is 13.0 Å². The molecule has 1 fully saturated rings. The van der Waals surface area contributed by atoms with E-state index in [1.807, 2.05) is 36.4 Å². The topological polar surface area (TPSA) is 114 Å². The van der Waals surface area contributed by atoms with E-state index < -0.39 is 29.6 Å². The molecule has 0 heterocycles. The Morgan fingerprint density at radius 3 is 2.14 bits per heavy atom. The minimum absolute atomic E-state index is 0.0706. The van der Waals surface area contributed by atoms with Gasteiger partial charge in [0.2, 0.25) is 0 Å². The number of carboxylic acid groups (broad SMARTS) is 1. The molecule has 0 spiro atoms. The summed E-state index contributed by atoms with van der Waals surface area (Å²) < 4.78 is 10.7. The van der Waals surface area contributed by atoms with Gasteiger partial charge >= 0.3 is 12.1 Å². The molecular weight excluding hydrogens is 448 g/mol. The second-order valence-electron chi connectivity index (χ2n) is 9.49. The number of hydrogen-bond acceptors (Lipinski definition) is 5. The first kappa shape index (κ1) is 24.7. The molecule has 0 aliphatic heterocycles. The van der Waals surface area contributed by atoms with Crippen molar-refractivity contribution in [2.75, 3.05) is 20.3 Å². The van der Waals surface area contributed by atoms with Gasteiger partial charge in [-0.2, -0.15) is 0 Å². The zero-order valence-electron chi connectivity index (χ0n) is 20.1. The minimum Gasteiger partial charge on any atom is -0.480 e. The van der Waals surface area contributed by atoms with Crippen molar-refractivity contribution in [1.82, 2.24) is 10.6 Å². The summed E-state index contributed by atoms with van der Waals surface area (Å²) >= 11 is 0. The monoisotopic (exact) mass is 480 g/mol. The van der Waals surface area contributed by atoms with Gasteiger partial charge in [0.25, 0.3) is 5.91 Å². The van der Waals surface area contributed by atoms with Crippen LogP contribution in [0.3, 0.4) is 0 Å². The second-order valence-corrected chi connectivity index (χ2v) is 9.49. The third kappa shape index (κ3) is 5.17. The van der Waals surface area contributed by atoms with E-state index in [1.165, 1.54) is 7.11 Å². The fourth-order valence-corrected chi connectivity index (χ4v) is 5.07. The number of rotatable bonds is 8. The van der Waals surface area contributed by atoms with Crippen LogP contribution in [0, 0.1) is 5.92 Å². The van der Waals surface area contributed by atoms with Crippen LogP contribution in [0.25, 0.3) is 11.1 Å². The Kier molecular flexibility index (Phi) is 7.40. The Morgan fingerprint density at radius 2 is 1.60 bits per heavy atom. The molecule has 1 saturated carbocycles. The molecule has 1 atom stereocenters. The van der Waals surface area contributed by atoms with Crippen LogP contribution in [-0.2, 0) is 19.1 Å². The number of carboxylic acids is 1. The second kappa shape index (κ2) is 10.5. The fraction of sp³-hybridized carbons (Fsp3) is 0.444. The van der Waals surface area contributed by atoms with E-state index in [1.54, 1.807) is 0 Å². The van der Waals surface area contributed by atoms with Gasteiger partial charge in [-0.3, -0.25) is 4.79 Å². The first-order valence-corrected chi connectivity index (χ1v) is 12.0. The average molecular weight is 481 g/mol. The number of alkyl carbamates (subject to hydrolysis) is 1. The van der Waals surface area contributed by atoms with E-state index in [0.29, 0.717) is 18.8 Å². The van der Waals surface area contributed by atoms with Crippen LogP contribution in [0.2, 0.25) is 0 Å². The smallest absolute Gasteiger partial charge is 0.407 e. The van der Waals surface area contributed by atoms with E-state index in [4.69, 9.17) is 9.47 Å². The van der Waals surface area contributed by atoms with Crippen LogP contribution >= 0.6 is 0 Å². The van der Waals surface area contributed by atoms with E-state index in [2.05, 4.69) is 29.7 Å². The Bertz CT molecular complexity index is 1050.